The summed E-state index contributed by atoms with van der Waals surface area (Å²) < 4.78 is 24.0. The fourth-order valence-electron chi connectivity index (χ4n) is 5.98. The van der Waals surface area contributed by atoms with Crippen molar-refractivity contribution in [2.24, 2.45) is 0 Å². The highest BCUT2D eigenvalue weighted by atomic mass is 31.1. The monoisotopic (exact) mass is 614 g/mol. The molecular weight excluding hydrogens is 567 g/mol. The average molecular weight is 615 g/mol. The highest BCUT2D eigenvalue weighted by Gasteiger charge is 2.13. The van der Waals surface area contributed by atoms with Crippen LogP contribution >= 0.6 is 8.25 Å². The second-order valence-electron chi connectivity index (χ2n) is 12.7. The highest BCUT2D eigenvalue weighted by Crippen LogP contribution is 2.32. The van der Waals surface area contributed by atoms with Crippen LogP contribution in [0, 0.1) is 27.7 Å². The molecule has 5 nitrogen and oxygen atoms in total. The van der Waals surface area contributed by atoms with Crippen molar-refractivity contribution >= 4 is 8.25 Å². The molecule has 6 heteroatoms. The zero-order chi connectivity index (χ0) is 32.1. The van der Waals surface area contributed by atoms with Crippen LogP contribution < -0.4 is 0 Å². The first-order valence-electron chi connectivity index (χ1n) is 15.4. The van der Waals surface area contributed by atoms with Crippen LogP contribution in [0.25, 0.3) is 0 Å². The van der Waals surface area contributed by atoms with E-state index in [0.717, 1.165) is 57.3 Å². The molecule has 0 aliphatic heterocycles. The van der Waals surface area contributed by atoms with Crippen molar-refractivity contribution in [2.75, 3.05) is 0 Å². The van der Waals surface area contributed by atoms with Gasteiger partial charge in [-0.25, -0.2) is 0 Å². The van der Waals surface area contributed by atoms with Crippen molar-refractivity contribution < 1.29 is 23.8 Å². The summed E-state index contributed by atoms with van der Waals surface area (Å²) >= 11 is 0. The average Bonchev–Trinajstić information content (AvgIpc) is 2.96. The SMILES string of the molecule is Cc1cc(CO[PH](=O)OCc2cc(C)c(Cc3ccc(O)c(C(C)C)c3)c(C)c2)cc(C)c1Cc1ccc(O)c(C(C)C)c1. The molecule has 0 unspecified atom stereocenters. The molecule has 0 spiro atoms. The van der Waals surface area contributed by atoms with E-state index in [2.05, 4.69) is 91.8 Å². The van der Waals surface area contributed by atoms with Crippen LogP contribution in [0.3, 0.4) is 0 Å². The number of aryl methyl sites for hydroxylation is 4. The summed E-state index contributed by atoms with van der Waals surface area (Å²) in [6.45, 7) is 17.1. The Labute approximate surface area is 263 Å². The van der Waals surface area contributed by atoms with Crippen molar-refractivity contribution in [1.82, 2.24) is 0 Å². The van der Waals surface area contributed by atoms with Crippen LogP contribution in [0.2, 0.25) is 0 Å². The fourth-order valence-corrected chi connectivity index (χ4v) is 6.63. The van der Waals surface area contributed by atoms with Gasteiger partial charge in [0.1, 0.15) is 11.5 Å². The van der Waals surface area contributed by atoms with E-state index in [1.165, 1.54) is 22.3 Å². The van der Waals surface area contributed by atoms with Gasteiger partial charge < -0.3 is 19.3 Å². The summed E-state index contributed by atoms with van der Waals surface area (Å²) in [5.41, 5.74) is 13.3. The molecule has 234 valence electrons. The van der Waals surface area contributed by atoms with Gasteiger partial charge in [0.2, 0.25) is 0 Å². The lowest BCUT2D eigenvalue weighted by Crippen LogP contribution is -2.01. The second kappa shape index (κ2) is 14.6. The predicted octanol–water partition coefficient (Wildman–Crippen LogP) is 9.88. The van der Waals surface area contributed by atoms with E-state index in [1.807, 2.05) is 12.1 Å². The van der Waals surface area contributed by atoms with Crippen LogP contribution in [0.4, 0.5) is 0 Å². The Balaban J connectivity index is 1.34. The molecule has 0 heterocycles. The maximum Gasteiger partial charge on any atom is 0.319 e. The minimum absolute atomic E-state index is 0.221. The van der Waals surface area contributed by atoms with Crippen LogP contribution in [-0.4, -0.2) is 10.2 Å². The second-order valence-corrected chi connectivity index (χ2v) is 13.8. The van der Waals surface area contributed by atoms with E-state index >= 15 is 0 Å². The molecule has 0 radical (unpaired) electrons. The van der Waals surface area contributed by atoms with Crippen molar-refractivity contribution in [3.8, 4) is 11.5 Å². The first-order chi connectivity index (χ1) is 20.8. The number of phenolic OH excluding ortho intramolecular Hbond substituents is 2. The first kappa shape index (κ1) is 33.5. The predicted molar refractivity (Wildman–Crippen MR) is 180 cm³/mol. The molecule has 0 saturated carbocycles. The Morgan fingerprint density at radius 1 is 0.568 bits per heavy atom. The molecule has 0 bridgehead atoms. The molecule has 0 aromatic heterocycles. The van der Waals surface area contributed by atoms with Crippen molar-refractivity contribution in [3.63, 3.8) is 0 Å². The molecule has 0 saturated heterocycles. The summed E-state index contributed by atoms with van der Waals surface area (Å²) in [4.78, 5) is 0. The van der Waals surface area contributed by atoms with Gasteiger partial charge in [-0.05, 0) is 131 Å². The smallest absolute Gasteiger partial charge is 0.319 e. The fraction of sp³-hybridized carbons (Fsp3) is 0.368. The lowest BCUT2D eigenvalue weighted by Gasteiger charge is -2.16. The van der Waals surface area contributed by atoms with Crippen LogP contribution in [0.15, 0.2) is 60.7 Å². The molecule has 0 aliphatic carbocycles. The molecule has 2 N–H and O–H groups in total. The lowest BCUT2D eigenvalue weighted by atomic mass is 9.92. The quantitative estimate of drug-likeness (QED) is 0.155. The van der Waals surface area contributed by atoms with Gasteiger partial charge in [-0.2, -0.15) is 0 Å². The standard InChI is InChI=1S/C38H47O5P/c1-23(2)33-17-29(9-11-37(33)39)19-35-25(5)13-31(14-26(35)6)21-42-44(41)43-22-32-15-27(7)36(28(8)16-32)20-30-10-12-38(40)34(18-30)24(3)4/h9-18,23-24,39-40,44H,19-22H2,1-8H3. The number of hydrogen-bond donors (Lipinski definition) is 2. The van der Waals surface area contributed by atoms with Crippen LogP contribution in [-0.2, 0) is 39.7 Å². The topological polar surface area (TPSA) is 76.0 Å². The molecular formula is C38H47O5P. The van der Waals surface area contributed by atoms with Gasteiger partial charge in [0.25, 0.3) is 0 Å². The first-order valence-corrected chi connectivity index (χ1v) is 16.7. The third-order valence-electron chi connectivity index (χ3n) is 8.41. The van der Waals surface area contributed by atoms with Crippen molar-refractivity contribution in [2.45, 2.75) is 93.3 Å². The zero-order valence-corrected chi connectivity index (χ0v) is 28.4. The summed E-state index contributed by atoms with van der Waals surface area (Å²) in [7, 11) is -2.68. The largest absolute Gasteiger partial charge is 0.508 e. The molecule has 4 aromatic rings. The molecule has 0 atom stereocenters. The Hall–Kier alpha value is -3.37. The summed E-state index contributed by atoms with van der Waals surface area (Å²) in [6, 6.07) is 20.1. The lowest BCUT2D eigenvalue weighted by molar-refractivity contribution is 0.212. The van der Waals surface area contributed by atoms with E-state index < -0.39 is 8.25 Å². The van der Waals surface area contributed by atoms with Crippen molar-refractivity contribution in [1.29, 1.82) is 0 Å². The third kappa shape index (κ3) is 8.41. The van der Waals surface area contributed by atoms with Gasteiger partial charge in [-0.1, -0.05) is 76.2 Å². The van der Waals surface area contributed by atoms with E-state index in [1.54, 1.807) is 12.1 Å². The minimum Gasteiger partial charge on any atom is -0.508 e. The Kier molecular flexibility index (Phi) is 11.1. The summed E-state index contributed by atoms with van der Waals surface area (Å²) in [5.74, 6) is 1.19. The Morgan fingerprint density at radius 2 is 0.909 bits per heavy atom. The molecule has 0 aliphatic rings. The number of rotatable bonds is 12. The van der Waals surface area contributed by atoms with Gasteiger partial charge >= 0.3 is 8.25 Å². The number of hydrogen-bond acceptors (Lipinski definition) is 5. The molecule has 0 amide bonds. The highest BCUT2D eigenvalue weighted by molar-refractivity contribution is 7.33. The van der Waals surface area contributed by atoms with E-state index in [-0.39, 0.29) is 25.0 Å². The van der Waals surface area contributed by atoms with E-state index in [4.69, 9.17) is 9.05 Å². The Morgan fingerprint density at radius 3 is 1.23 bits per heavy atom. The normalized spacial score (nSPS) is 11.7. The maximum absolute atomic E-state index is 12.7. The number of phenols is 2. The molecule has 4 rings (SSSR count). The number of benzene rings is 4. The van der Waals surface area contributed by atoms with Crippen LogP contribution in [0.1, 0.15) is 106 Å². The van der Waals surface area contributed by atoms with E-state index in [9.17, 15) is 14.8 Å². The van der Waals surface area contributed by atoms with E-state index in [0.29, 0.717) is 11.5 Å². The molecule has 44 heavy (non-hydrogen) atoms. The number of aromatic hydroxyl groups is 2. The van der Waals surface area contributed by atoms with Gasteiger partial charge in [0.05, 0.1) is 13.2 Å². The minimum atomic E-state index is -2.68. The summed E-state index contributed by atoms with van der Waals surface area (Å²) in [5, 5.41) is 20.4. The van der Waals surface area contributed by atoms with Gasteiger partial charge in [0.15, 0.2) is 0 Å². The van der Waals surface area contributed by atoms with Crippen LogP contribution in [0.5, 0.6) is 11.5 Å². The molecule has 4 aromatic carbocycles. The van der Waals surface area contributed by atoms with Gasteiger partial charge in [0, 0.05) is 0 Å². The van der Waals surface area contributed by atoms with Gasteiger partial charge in [-0.3, -0.25) is 4.57 Å². The third-order valence-corrected chi connectivity index (χ3v) is 9.17. The maximum atomic E-state index is 12.7. The summed E-state index contributed by atoms with van der Waals surface area (Å²) in [6.07, 6.45) is 1.56. The Bertz CT molecular complexity index is 1490. The van der Waals surface area contributed by atoms with Gasteiger partial charge in [-0.15, -0.1) is 0 Å². The molecule has 0 fully saturated rings. The zero-order valence-electron chi connectivity index (χ0n) is 27.4. The van der Waals surface area contributed by atoms with Crippen molar-refractivity contribution in [3.05, 3.63) is 127 Å².